The second-order valence-electron chi connectivity index (χ2n) is 5.88. The highest BCUT2D eigenvalue weighted by atomic mass is 16.5. The minimum atomic E-state index is -0.0512. The molecule has 1 amide bonds. The highest BCUT2D eigenvalue weighted by molar-refractivity contribution is 5.96. The summed E-state index contributed by atoms with van der Waals surface area (Å²) >= 11 is 0. The van der Waals surface area contributed by atoms with Gasteiger partial charge in [-0.2, -0.15) is 0 Å². The van der Waals surface area contributed by atoms with E-state index in [1.54, 1.807) is 0 Å². The van der Waals surface area contributed by atoms with Gasteiger partial charge >= 0.3 is 0 Å². The molecule has 1 aromatic rings. The molecule has 1 saturated carbocycles. The van der Waals surface area contributed by atoms with Gasteiger partial charge in [-0.1, -0.05) is 25.5 Å². The van der Waals surface area contributed by atoms with Crippen molar-refractivity contribution in [3.05, 3.63) is 29.8 Å². The van der Waals surface area contributed by atoms with Gasteiger partial charge in [-0.3, -0.25) is 4.79 Å². The number of benzene rings is 1. The number of rotatable bonds is 8. The van der Waals surface area contributed by atoms with Crippen LogP contribution in [-0.2, 0) is 0 Å². The van der Waals surface area contributed by atoms with Crippen molar-refractivity contribution in [1.82, 2.24) is 10.6 Å². The molecule has 1 aliphatic carbocycles. The number of para-hydroxylation sites is 1. The maximum absolute atomic E-state index is 12.3. The minimum Gasteiger partial charge on any atom is -0.490 e. The lowest BCUT2D eigenvalue weighted by Crippen LogP contribution is -2.32. The Morgan fingerprint density at radius 2 is 1.91 bits per heavy atom. The normalized spacial score (nSPS) is 15.5. The van der Waals surface area contributed by atoms with E-state index in [2.05, 4.69) is 17.6 Å². The number of ether oxygens (including phenoxy) is 1. The lowest BCUT2D eigenvalue weighted by atomic mass is 9.97. The molecule has 0 atom stereocenters. The van der Waals surface area contributed by atoms with Gasteiger partial charge in [0.05, 0.1) is 11.7 Å². The average molecular weight is 304 g/mol. The van der Waals surface area contributed by atoms with Crippen molar-refractivity contribution in [1.29, 1.82) is 0 Å². The molecule has 122 valence electrons. The topological polar surface area (TPSA) is 50.4 Å². The third-order valence-corrected chi connectivity index (χ3v) is 3.99. The molecule has 2 N–H and O–H groups in total. The molecule has 4 nitrogen and oxygen atoms in total. The summed E-state index contributed by atoms with van der Waals surface area (Å²) in [6.07, 6.45) is 7.30. The van der Waals surface area contributed by atoms with E-state index in [0.29, 0.717) is 17.9 Å². The van der Waals surface area contributed by atoms with Crippen molar-refractivity contribution in [2.45, 2.75) is 51.6 Å². The van der Waals surface area contributed by atoms with E-state index in [-0.39, 0.29) is 12.0 Å². The molecule has 0 radical (unpaired) electrons. The molecule has 2 rings (SSSR count). The van der Waals surface area contributed by atoms with Crippen LogP contribution in [0.1, 0.15) is 55.8 Å². The molecule has 0 aliphatic heterocycles. The van der Waals surface area contributed by atoms with Gasteiger partial charge < -0.3 is 15.4 Å². The first-order chi connectivity index (χ1) is 10.8. The Balaban J connectivity index is 1.87. The molecule has 4 heteroatoms. The Morgan fingerprint density at radius 3 is 2.68 bits per heavy atom. The molecule has 1 fully saturated rings. The second-order valence-corrected chi connectivity index (χ2v) is 5.88. The molecule has 0 bridgehead atoms. The SMILES string of the molecule is CCCNCCNC(=O)c1ccccc1OC1CCCCC1. The fourth-order valence-electron chi connectivity index (χ4n) is 2.78. The van der Waals surface area contributed by atoms with E-state index in [4.69, 9.17) is 4.74 Å². The van der Waals surface area contributed by atoms with Crippen LogP contribution in [0.2, 0.25) is 0 Å². The summed E-state index contributed by atoms with van der Waals surface area (Å²) in [5.41, 5.74) is 0.642. The monoisotopic (exact) mass is 304 g/mol. The summed E-state index contributed by atoms with van der Waals surface area (Å²) in [5, 5.41) is 6.23. The van der Waals surface area contributed by atoms with Gasteiger partial charge in [-0.25, -0.2) is 0 Å². The fourth-order valence-corrected chi connectivity index (χ4v) is 2.78. The van der Waals surface area contributed by atoms with Crippen molar-refractivity contribution in [3.8, 4) is 5.75 Å². The summed E-state index contributed by atoms with van der Waals surface area (Å²) < 4.78 is 6.08. The van der Waals surface area contributed by atoms with Crippen LogP contribution < -0.4 is 15.4 Å². The minimum absolute atomic E-state index is 0.0512. The van der Waals surface area contributed by atoms with Gasteiger partial charge in [0.1, 0.15) is 5.75 Å². The van der Waals surface area contributed by atoms with Crippen LogP contribution in [0.15, 0.2) is 24.3 Å². The fraction of sp³-hybridized carbons (Fsp3) is 0.611. The number of hydrogen-bond acceptors (Lipinski definition) is 3. The number of nitrogens with one attached hydrogen (secondary N) is 2. The molecular formula is C18H28N2O2. The smallest absolute Gasteiger partial charge is 0.255 e. The molecule has 0 saturated heterocycles. The lowest BCUT2D eigenvalue weighted by Gasteiger charge is -2.24. The van der Waals surface area contributed by atoms with Crippen molar-refractivity contribution >= 4 is 5.91 Å². The van der Waals surface area contributed by atoms with Crippen molar-refractivity contribution in [2.24, 2.45) is 0 Å². The molecule has 22 heavy (non-hydrogen) atoms. The third kappa shape index (κ3) is 5.34. The van der Waals surface area contributed by atoms with E-state index in [1.807, 2.05) is 24.3 Å². The zero-order valence-corrected chi connectivity index (χ0v) is 13.6. The Hall–Kier alpha value is -1.55. The quantitative estimate of drug-likeness (QED) is 0.726. The highest BCUT2D eigenvalue weighted by Gasteiger charge is 2.18. The summed E-state index contributed by atoms with van der Waals surface area (Å²) in [6, 6.07) is 7.56. The molecule has 0 spiro atoms. The molecule has 1 aliphatic rings. The summed E-state index contributed by atoms with van der Waals surface area (Å²) in [5.74, 6) is 0.665. The lowest BCUT2D eigenvalue weighted by molar-refractivity contribution is 0.0942. The van der Waals surface area contributed by atoms with Gasteiger partial charge in [-0.15, -0.1) is 0 Å². The van der Waals surface area contributed by atoms with Crippen LogP contribution in [0.5, 0.6) is 5.75 Å². The standard InChI is InChI=1S/C18H28N2O2/c1-2-12-19-13-14-20-18(21)16-10-6-7-11-17(16)22-15-8-4-3-5-9-15/h6-7,10-11,15,19H,2-5,8-9,12-14H2,1H3,(H,20,21). The summed E-state index contributed by atoms with van der Waals surface area (Å²) in [4.78, 5) is 12.3. The zero-order chi connectivity index (χ0) is 15.6. The number of hydrogen-bond donors (Lipinski definition) is 2. The van der Waals surface area contributed by atoms with Crippen molar-refractivity contribution in [2.75, 3.05) is 19.6 Å². The molecule has 0 unspecified atom stereocenters. The summed E-state index contributed by atoms with van der Waals surface area (Å²) in [7, 11) is 0. The predicted molar refractivity (Wildman–Crippen MR) is 89.4 cm³/mol. The van der Waals surface area contributed by atoms with Gasteiger partial charge in [0.25, 0.3) is 5.91 Å². The second kappa shape index (κ2) is 9.46. The first-order valence-corrected chi connectivity index (χ1v) is 8.56. The van der Waals surface area contributed by atoms with Gasteiger partial charge in [-0.05, 0) is 50.8 Å². The van der Waals surface area contributed by atoms with Crippen molar-refractivity contribution in [3.63, 3.8) is 0 Å². The van der Waals surface area contributed by atoms with Crippen LogP contribution in [-0.4, -0.2) is 31.6 Å². The van der Waals surface area contributed by atoms with Crippen LogP contribution in [0, 0.1) is 0 Å². The first kappa shape index (κ1) is 16.8. The Morgan fingerprint density at radius 1 is 1.14 bits per heavy atom. The van der Waals surface area contributed by atoms with Crippen LogP contribution >= 0.6 is 0 Å². The molecule has 0 heterocycles. The number of carbonyl (C=O) groups excluding carboxylic acids is 1. The maximum atomic E-state index is 12.3. The zero-order valence-electron chi connectivity index (χ0n) is 13.6. The average Bonchev–Trinajstić information content (AvgIpc) is 2.56. The third-order valence-electron chi connectivity index (χ3n) is 3.99. The molecule has 0 aromatic heterocycles. The highest BCUT2D eigenvalue weighted by Crippen LogP contribution is 2.25. The van der Waals surface area contributed by atoms with E-state index in [9.17, 15) is 4.79 Å². The van der Waals surface area contributed by atoms with E-state index >= 15 is 0 Å². The molecule has 1 aromatic carbocycles. The van der Waals surface area contributed by atoms with Crippen LogP contribution in [0.25, 0.3) is 0 Å². The maximum Gasteiger partial charge on any atom is 0.255 e. The van der Waals surface area contributed by atoms with Crippen LogP contribution in [0.3, 0.4) is 0 Å². The number of amides is 1. The summed E-state index contributed by atoms with van der Waals surface area (Å²) in [6.45, 7) is 4.55. The van der Waals surface area contributed by atoms with E-state index < -0.39 is 0 Å². The largest absolute Gasteiger partial charge is 0.490 e. The Kier molecular flexibility index (Phi) is 7.23. The Bertz CT molecular complexity index is 456. The Labute approximate surface area is 133 Å². The van der Waals surface area contributed by atoms with Gasteiger partial charge in [0.2, 0.25) is 0 Å². The molecular weight excluding hydrogens is 276 g/mol. The first-order valence-electron chi connectivity index (χ1n) is 8.56. The van der Waals surface area contributed by atoms with Gasteiger partial charge in [0.15, 0.2) is 0 Å². The van der Waals surface area contributed by atoms with Crippen LogP contribution in [0.4, 0.5) is 0 Å². The van der Waals surface area contributed by atoms with E-state index in [1.165, 1.54) is 19.3 Å². The van der Waals surface area contributed by atoms with Crippen molar-refractivity contribution < 1.29 is 9.53 Å². The van der Waals surface area contributed by atoms with Gasteiger partial charge in [0, 0.05) is 13.1 Å². The number of carbonyl (C=O) groups is 1. The van der Waals surface area contributed by atoms with E-state index in [0.717, 1.165) is 32.4 Å². The predicted octanol–water partition coefficient (Wildman–Crippen LogP) is 3.13.